The Morgan fingerprint density at radius 3 is 0.900 bits per heavy atom. The molecule has 0 saturated heterocycles. The lowest BCUT2D eigenvalue weighted by molar-refractivity contribution is 0.301. The van der Waals surface area contributed by atoms with Gasteiger partial charge < -0.3 is 28.4 Å². The molecular formula is C72H94N2O6. The first-order valence-electron chi connectivity index (χ1n) is 31.2. The number of unbranched alkanes of at least 4 members (excludes halogenated alkanes) is 18. The zero-order valence-corrected chi connectivity index (χ0v) is 49.8. The van der Waals surface area contributed by atoms with Gasteiger partial charge in [0.15, 0.2) is 0 Å². The van der Waals surface area contributed by atoms with Gasteiger partial charge in [0.05, 0.1) is 62.9 Å². The van der Waals surface area contributed by atoms with Gasteiger partial charge in [-0.15, -0.1) is 0 Å². The summed E-state index contributed by atoms with van der Waals surface area (Å²) in [5.41, 5.74) is 3.87. The predicted octanol–water partition coefficient (Wildman–Crippen LogP) is 21.0. The summed E-state index contributed by atoms with van der Waals surface area (Å²) in [6.07, 6.45) is 29.6. The minimum absolute atomic E-state index is 0.457. The van der Waals surface area contributed by atoms with Crippen LogP contribution in [0.25, 0.3) is 55.6 Å². The van der Waals surface area contributed by atoms with Gasteiger partial charge in [-0.1, -0.05) is 218 Å². The summed E-state index contributed by atoms with van der Waals surface area (Å²) in [4.78, 5) is 0. The van der Waals surface area contributed by atoms with Crippen LogP contribution in [0.2, 0.25) is 0 Å². The summed E-state index contributed by atoms with van der Waals surface area (Å²) in [6, 6.07) is 34.0. The molecule has 0 aliphatic carbocycles. The highest BCUT2D eigenvalue weighted by atomic mass is 16.5. The van der Waals surface area contributed by atoms with Crippen molar-refractivity contribution in [1.82, 2.24) is 0 Å². The zero-order valence-electron chi connectivity index (χ0n) is 49.8. The van der Waals surface area contributed by atoms with Crippen molar-refractivity contribution in [2.75, 3.05) is 39.6 Å². The number of nitriles is 2. The molecule has 0 radical (unpaired) electrons. The van der Waals surface area contributed by atoms with Gasteiger partial charge in [0.2, 0.25) is 0 Å². The lowest BCUT2D eigenvalue weighted by atomic mass is 9.94. The molecule has 0 aromatic heterocycles. The second kappa shape index (κ2) is 35.9. The number of nitrogens with zero attached hydrogens (tertiary/aromatic N) is 2. The fraction of sp³-hybridized carbons (Fsp3) is 0.500. The van der Waals surface area contributed by atoms with E-state index in [1.807, 2.05) is 48.6 Å². The number of ether oxygens (including phenoxy) is 6. The summed E-state index contributed by atoms with van der Waals surface area (Å²) in [6.45, 7) is 16.6. The molecule has 8 nitrogen and oxygen atoms in total. The summed E-state index contributed by atoms with van der Waals surface area (Å²) in [7, 11) is 0. The van der Waals surface area contributed by atoms with E-state index in [0.717, 1.165) is 196 Å². The van der Waals surface area contributed by atoms with Crippen molar-refractivity contribution in [2.45, 2.75) is 196 Å². The highest BCUT2D eigenvalue weighted by molar-refractivity contribution is 6.07. The summed E-state index contributed by atoms with van der Waals surface area (Å²) >= 11 is 0. The standard InChI is InChI=1S/C72H94N2O6/c1-7-13-19-29-43-75-67-51-65(71(79-47-33-23-17-11-5)61-37-27-25-35-59(61)67)57(53-73)49-55-39-41-64-63(69(55)77-45-31-21-15-9-3)42-40-56(70(64)78-46-32-22-16-10-4)50-58(54-74)66-52-68(76-44-30-20-14-8-2)60-36-26-28-38-62(60)72(66)80-48-34-24-18-12-6/h25-28,35-42,49-52H,7-24,29-34,43-48H2,1-6H3/b57-49+,58-50+. The first kappa shape index (κ1) is 62.6. The fourth-order valence-electron chi connectivity index (χ4n) is 10.4. The van der Waals surface area contributed by atoms with Gasteiger partial charge in [-0.2, -0.15) is 10.5 Å². The van der Waals surface area contributed by atoms with E-state index in [-0.39, 0.29) is 0 Å². The maximum atomic E-state index is 11.3. The highest BCUT2D eigenvalue weighted by Gasteiger charge is 2.23. The van der Waals surface area contributed by atoms with Crippen molar-refractivity contribution in [3.05, 3.63) is 107 Å². The molecule has 0 bridgehead atoms. The van der Waals surface area contributed by atoms with Crippen LogP contribution < -0.4 is 28.4 Å². The largest absolute Gasteiger partial charge is 0.493 e. The van der Waals surface area contributed by atoms with Gasteiger partial charge in [0.1, 0.15) is 34.5 Å². The van der Waals surface area contributed by atoms with Gasteiger partial charge >= 0.3 is 0 Å². The van der Waals surface area contributed by atoms with E-state index < -0.39 is 0 Å². The Morgan fingerprint density at radius 2 is 0.600 bits per heavy atom. The fourth-order valence-corrected chi connectivity index (χ4v) is 10.4. The topological polar surface area (TPSA) is 103 Å². The van der Waals surface area contributed by atoms with E-state index in [0.29, 0.717) is 84.9 Å². The third kappa shape index (κ3) is 18.2. The Hall–Kier alpha value is -6.64. The van der Waals surface area contributed by atoms with Crippen LogP contribution in [-0.2, 0) is 0 Å². The molecule has 0 atom stereocenters. The summed E-state index contributed by atoms with van der Waals surface area (Å²) < 4.78 is 40.6. The number of rotatable bonds is 40. The molecule has 6 rings (SSSR count). The minimum Gasteiger partial charge on any atom is -0.493 e. The quantitative estimate of drug-likeness (QED) is 0.0213. The monoisotopic (exact) mass is 1080 g/mol. The van der Waals surface area contributed by atoms with Crippen LogP contribution in [0, 0.1) is 22.7 Å². The third-order valence-corrected chi connectivity index (χ3v) is 15.0. The first-order chi connectivity index (χ1) is 39.5. The lowest BCUT2D eigenvalue weighted by Gasteiger charge is -2.20. The van der Waals surface area contributed by atoms with Crippen LogP contribution in [-0.4, -0.2) is 39.6 Å². The van der Waals surface area contributed by atoms with E-state index in [2.05, 4.69) is 102 Å². The van der Waals surface area contributed by atoms with E-state index >= 15 is 0 Å². The van der Waals surface area contributed by atoms with E-state index in [9.17, 15) is 10.5 Å². The molecule has 6 aromatic carbocycles. The minimum atomic E-state index is 0.457. The molecule has 0 aliphatic heterocycles. The van der Waals surface area contributed by atoms with Crippen molar-refractivity contribution in [3.63, 3.8) is 0 Å². The Labute approximate surface area is 481 Å². The second-order valence-corrected chi connectivity index (χ2v) is 21.5. The zero-order chi connectivity index (χ0) is 56.6. The van der Waals surface area contributed by atoms with Gasteiger partial charge in [-0.3, -0.25) is 0 Å². The maximum Gasteiger partial charge on any atom is 0.135 e. The molecular weight excluding hydrogens is 989 g/mol. The van der Waals surface area contributed by atoms with Gasteiger partial charge in [0, 0.05) is 54.6 Å². The van der Waals surface area contributed by atoms with E-state index in [1.165, 1.54) is 12.8 Å². The smallest absolute Gasteiger partial charge is 0.135 e. The molecule has 0 aliphatic rings. The van der Waals surface area contributed by atoms with Crippen LogP contribution >= 0.6 is 0 Å². The molecule has 0 amide bonds. The van der Waals surface area contributed by atoms with E-state index in [1.54, 1.807) is 0 Å². The predicted molar refractivity (Wildman–Crippen MR) is 337 cm³/mol. The normalized spacial score (nSPS) is 11.8. The number of fused-ring (bicyclic) bond motifs is 3. The SMILES string of the molecule is CCCCCCOc1cc(/C(C#N)=C/c2ccc3c(OCCCCCC)c(/C=C(\C#N)c4cc(OCCCCCC)c5ccccc5c4OCCCCCC)ccc3c2OCCCCCC)c(OCCCCCC)c2ccccc12. The van der Waals surface area contributed by atoms with E-state index in [4.69, 9.17) is 28.4 Å². The molecule has 0 N–H and O–H groups in total. The lowest BCUT2D eigenvalue weighted by Crippen LogP contribution is -2.05. The Bertz CT molecular complexity index is 2780. The van der Waals surface area contributed by atoms with Crippen LogP contribution in [0.4, 0.5) is 0 Å². The molecule has 0 spiro atoms. The first-order valence-corrected chi connectivity index (χ1v) is 31.2. The Kier molecular flexibility index (Phi) is 28.0. The Morgan fingerprint density at radius 1 is 0.325 bits per heavy atom. The Balaban J connectivity index is 1.54. The van der Waals surface area contributed by atoms with Crippen LogP contribution in [0.3, 0.4) is 0 Å². The van der Waals surface area contributed by atoms with Crippen LogP contribution in [0.1, 0.15) is 218 Å². The van der Waals surface area contributed by atoms with Crippen LogP contribution in [0.5, 0.6) is 34.5 Å². The maximum absolute atomic E-state index is 11.3. The molecule has 0 saturated carbocycles. The third-order valence-electron chi connectivity index (χ3n) is 15.0. The van der Waals surface area contributed by atoms with Gasteiger partial charge in [-0.25, -0.2) is 0 Å². The second-order valence-electron chi connectivity index (χ2n) is 21.5. The number of hydrogen-bond acceptors (Lipinski definition) is 8. The van der Waals surface area contributed by atoms with Crippen LogP contribution in [0.15, 0.2) is 84.9 Å². The van der Waals surface area contributed by atoms with Gasteiger partial charge in [0.25, 0.3) is 0 Å². The number of allylic oxidation sites excluding steroid dienone is 2. The number of benzene rings is 6. The van der Waals surface area contributed by atoms with Crippen molar-refractivity contribution in [1.29, 1.82) is 10.5 Å². The summed E-state index contributed by atoms with van der Waals surface area (Å²) in [5, 5.41) is 28.1. The molecule has 0 fully saturated rings. The van der Waals surface area contributed by atoms with Gasteiger partial charge in [-0.05, 0) is 74.9 Å². The molecule has 80 heavy (non-hydrogen) atoms. The van der Waals surface area contributed by atoms with Crippen molar-refractivity contribution in [2.24, 2.45) is 0 Å². The highest BCUT2D eigenvalue weighted by Crippen LogP contribution is 2.46. The average Bonchev–Trinajstić information content (AvgIpc) is 3.49. The molecule has 6 aromatic rings. The van der Waals surface area contributed by atoms with Crippen molar-refractivity contribution >= 4 is 55.6 Å². The average molecular weight is 1080 g/mol. The van der Waals surface area contributed by atoms with Crippen molar-refractivity contribution in [3.8, 4) is 46.6 Å². The molecule has 0 unspecified atom stereocenters. The number of hydrogen-bond donors (Lipinski definition) is 0. The molecule has 8 heteroatoms. The molecule has 428 valence electrons. The van der Waals surface area contributed by atoms with Crippen molar-refractivity contribution < 1.29 is 28.4 Å². The summed E-state index contributed by atoms with van der Waals surface area (Å²) in [5.74, 6) is 4.24. The molecule has 0 heterocycles.